The molecule has 2 N–H and O–H groups in total. The molecule has 26 heavy (non-hydrogen) atoms. The van der Waals surface area contributed by atoms with Crippen LogP contribution in [0.25, 0.3) is 0 Å². The van der Waals surface area contributed by atoms with Crippen molar-refractivity contribution in [3.63, 3.8) is 0 Å². The molecule has 3 unspecified atom stereocenters. The molecule has 146 valence electrons. The molecule has 2 bridgehead atoms. The number of carbonyl (C=O) groups excluding carboxylic acids is 1. The van der Waals surface area contributed by atoms with Crippen LogP contribution in [-0.4, -0.2) is 65.0 Å². The van der Waals surface area contributed by atoms with Gasteiger partial charge in [0.05, 0.1) is 6.20 Å². The van der Waals surface area contributed by atoms with Crippen molar-refractivity contribution >= 4 is 35.8 Å². The van der Waals surface area contributed by atoms with Crippen molar-refractivity contribution in [3.05, 3.63) is 12.4 Å². The molecule has 0 saturated heterocycles. The molecule has 3 rings (SSSR count). The third-order valence-electron chi connectivity index (χ3n) is 5.26. The quantitative estimate of drug-likeness (QED) is 0.267. The first-order valence-electron chi connectivity index (χ1n) is 9.21. The van der Waals surface area contributed by atoms with Crippen LogP contribution in [0.2, 0.25) is 0 Å². The van der Waals surface area contributed by atoms with E-state index in [-0.39, 0.29) is 36.4 Å². The van der Waals surface area contributed by atoms with Gasteiger partial charge in [0, 0.05) is 39.4 Å². The van der Waals surface area contributed by atoms with Gasteiger partial charge < -0.3 is 15.5 Å². The molecule has 0 radical (unpaired) electrons. The van der Waals surface area contributed by atoms with Gasteiger partial charge in [-0.2, -0.15) is 0 Å². The Morgan fingerprint density at radius 1 is 1.35 bits per heavy atom. The maximum Gasteiger partial charge on any atom is 0.243 e. The van der Waals surface area contributed by atoms with Crippen LogP contribution < -0.4 is 10.6 Å². The number of carbonyl (C=O) groups is 1. The second-order valence-electron chi connectivity index (χ2n) is 7.33. The molecule has 2 fully saturated rings. The topological polar surface area (TPSA) is 87.4 Å². The molecule has 0 aliphatic heterocycles. The largest absolute Gasteiger partial charge is 0.356 e. The maximum atomic E-state index is 11.8. The number of fused-ring (bicyclic) bond motifs is 2. The molecule has 2 aliphatic rings. The number of likely N-dealkylation sites (N-methyl/N-ethyl adjacent to an activating group) is 1. The summed E-state index contributed by atoms with van der Waals surface area (Å²) in [5, 5.41) is 14.7. The number of aromatic nitrogens is 3. The summed E-state index contributed by atoms with van der Waals surface area (Å²) < 4.78 is 1.82. The van der Waals surface area contributed by atoms with E-state index in [1.165, 1.54) is 25.7 Å². The van der Waals surface area contributed by atoms with Crippen LogP contribution in [0.4, 0.5) is 0 Å². The molecule has 1 heterocycles. The first-order chi connectivity index (χ1) is 12.1. The summed E-state index contributed by atoms with van der Waals surface area (Å²) in [6.07, 6.45) is 9.72. The van der Waals surface area contributed by atoms with Gasteiger partial charge >= 0.3 is 0 Å². The fourth-order valence-corrected chi connectivity index (χ4v) is 3.84. The van der Waals surface area contributed by atoms with Crippen molar-refractivity contribution < 1.29 is 4.79 Å². The second kappa shape index (κ2) is 10.1. The molecule has 1 amide bonds. The van der Waals surface area contributed by atoms with Crippen LogP contribution >= 0.6 is 24.0 Å². The standard InChI is InChI=1S/C17H29N7O.HI/c1-23(2)16(25)12-19-17(18-6-3-8-24-9-7-20-22-24)21-15-11-13-4-5-14(15)10-13;/h7,9,13-15H,3-6,8,10-12H2,1-2H3,(H2,18,19,21);1H. The molecular weight excluding hydrogens is 445 g/mol. The molecule has 0 spiro atoms. The van der Waals surface area contributed by atoms with E-state index in [4.69, 9.17) is 0 Å². The number of aliphatic imine (C=N–C) groups is 1. The number of guanidine groups is 1. The van der Waals surface area contributed by atoms with Gasteiger partial charge in [-0.1, -0.05) is 11.6 Å². The lowest BCUT2D eigenvalue weighted by Gasteiger charge is -2.25. The van der Waals surface area contributed by atoms with E-state index in [0.717, 1.165) is 37.3 Å². The SMILES string of the molecule is CN(C)C(=O)CN=C(NCCCn1ccnn1)NC1CC2CCC1C2.I. The first-order valence-corrected chi connectivity index (χ1v) is 9.21. The summed E-state index contributed by atoms with van der Waals surface area (Å²) in [6, 6.07) is 0.495. The lowest BCUT2D eigenvalue weighted by molar-refractivity contribution is -0.127. The molecule has 3 atom stereocenters. The fraction of sp³-hybridized carbons (Fsp3) is 0.765. The zero-order valence-corrected chi connectivity index (χ0v) is 17.9. The van der Waals surface area contributed by atoms with E-state index in [1.54, 1.807) is 25.2 Å². The Morgan fingerprint density at radius 3 is 2.81 bits per heavy atom. The normalized spacial score (nSPS) is 24.2. The first kappa shape index (κ1) is 20.9. The Hall–Kier alpha value is -1.39. The predicted molar refractivity (Wildman–Crippen MR) is 111 cm³/mol. The lowest BCUT2D eigenvalue weighted by Crippen LogP contribution is -2.46. The van der Waals surface area contributed by atoms with Crippen molar-refractivity contribution in [1.29, 1.82) is 0 Å². The van der Waals surface area contributed by atoms with Crippen LogP contribution in [0.1, 0.15) is 32.1 Å². The summed E-state index contributed by atoms with van der Waals surface area (Å²) >= 11 is 0. The van der Waals surface area contributed by atoms with Gasteiger partial charge in [0.25, 0.3) is 0 Å². The maximum absolute atomic E-state index is 11.8. The molecule has 1 aromatic heterocycles. The van der Waals surface area contributed by atoms with Crippen molar-refractivity contribution in [2.24, 2.45) is 16.8 Å². The van der Waals surface area contributed by atoms with E-state index >= 15 is 0 Å². The minimum absolute atomic E-state index is 0. The van der Waals surface area contributed by atoms with Crippen molar-refractivity contribution in [1.82, 2.24) is 30.5 Å². The minimum atomic E-state index is 0. The highest BCUT2D eigenvalue weighted by molar-refractivity contribution is 14.0. The number of hydrogen-bond acceptors (Lipinski definition) is 4. The molecular formula is C17H30IN7O. The highest BCUT2D eigenvalue weighted by Crippen LogP contribution is 2.44. The van der Waals surface area contributed by atoms with Gasteiger partial charge in [-0.05, 0) is 37.5 Å². The Bertz CT molecular complexity index is 590. The smallest absolute Gasteiger partial charge is 0.243 e. The highest BCUT2D eigenvalue weighted by Gasteiger charge is 2.39. The summed E-state index contributed by atoms with van der Waals surface area (Å²) in [7, 11) is 3.51. The van der Waals surface area contributed by atoms with Crippen molar-refractivity contribution in [3.8, 4) is 0 Å². The Kier molecular flexibility index (Phi) is 8.11. The Balaban J connectivity index is 0.00000243. The van der Waals surface area contributed by atoms with E-state index in [0.29, 0.717) is 6.04 Å². The number of amides is 1. The predicted octanol–water partition coefficient (Wildman–Crippen LogP) is 1.10. The van der Waals surface area contributed by atoms with Gasteiger partial charge in [0.1, 0.15) is 6.54 Å². The van der Waals surface area contributed by atoms with Crippen LogP contribution in [0.3, 0.4) is 0 Å². The average Bonchev–Trinajstić information content (AvgIpc) is 3.33. The van der Waals surface area contributed by atoms with Gasteiger partial charge in [0.15, 0.2) is 5.96 Å². The number of nitrogens with zero attached hydrogens (tertiary/aromatic N) is 5. The Morgan fingerprint density at radius 2 is 2.19 bits per heavy atom. The number of aryl methyl sites for hydroxylation is 1. The van der Waals surface area contributed by atoms with Gasteiger partial charge in [-0.15, -0.1) is 29.1 Å². The second-order valence-corrected chi connectivity index (χ2v) is 7.33. The summed E-state index contributed by atoms with van der Waals surface area (Å²) in [5.41, 5.74) is 0. The molecule has 2 aliphatic carbocycles. The lowest BCUT2D eigenvalue weighted by atomic mass is 9.95. The number of halogens is 1. The molecule has 8 nitrogen and oxygen atoms in total. The van der Waals surface area contributed by atoms with E-state index in [2.05, 4.69) is 25.9 Å². The van der Waals surface area contributed by atoms with Crippen LogP contribution in [0.5, 0.6) is 0 Å². The molecule has 1 aromatic rings. The summed E-state index contributed by atoms with van der Waals surface area (Å²) in [6.45, 7) is 1.76. The minimum Gasteiger partial charge on any atom is -0.356 e. The van der Waals surface area contributed by atoms with Crippen LogP contribution in [0.15, 0.2) is 17.4 Å². The Labute approximate surface area is 172 Å². The average molecular weight is 475 g/mol. The van der Waals surface area contributed by atoms with E-state index < -0.39 is 0 Å². The van der Waals surface area contributed by atoms with Crippen LogP contribution in [0, 0.1) is 11.8 Å². The zero-order chi connectivity index (χ0) is 17.6. The fourth-order valence-electron chi connectivity index (χ4n) is 3.84. The third kappa shape index (κ3) is 5.82. The molecule has 9 heteroatoms. The van der Waals surface area contributed by atoms with Gasteiger partial charge in [-0.3, -0.25) is 9.48 Å². The van der Waals surface area contributed by atoms with Gasteiger partial charge in [-0.25, -0.2) is 4.99 Å². The summed E-state index contributed by atoms with van der Waals surface area (Å²) in [5.74, 6) is 2.40. The molecule has 2 saturated carbocycles. The monoisotopic (exact) mass is 475 g/mol. The number of hydrogen-bond donors (Lipinski definition) is 2. The number of nitrogens with one attached hydrogen (secondary N) is 2. The number of rotatable bonds is 7. The highest BCUT2D eigenvalue weighted by atomic mass is 127. The van der Waals surface area contributed by atoms with E-state index in [1.807, 2.05) is 10.9 Å². The zero-order valence-electron chi connectivity index (χ0n) is 15.6. The third-order valence-corrected chi connectivity index (χ3v) is 5.26. The molecule has 0 aromatic carbocycles. The van der Waals surface area contributed by atoms with Crippen LogP contribution in [-0.2, 0) is 11.3 Å². The van der Waals surface area contributed by atoms with Gasteiger partial charge in [0.2, 0.25) is 5.91 Å². The van der Waals surface area contributed by atoms with E-state index in [9.17, 15) is 4.79 Å². The summed E-state index contributed by atoms with van der Waals surface area (Å²) in [4.78, 5) is 17.9. The van der Waals surface area contributed by atoms with Crippen molar-refractivity contribution in [2.45, 2.75) is 44.7 Å². The van der Waals surface area contributed by atoms with Crippen molar-refractivity contribution in [2.75, 3.05) is 27.2 Å².